The highest BCUT2D eigenvalue weighted by Gasteiger charge is 2.30. The van der Waals surface area contributed by atoms with E-state index >= 15 is 0 Å². The Morgan fingerprint density at radius 3 is 2.57 bits per heavy atom. The second kappa shape index (κ2) is 2.82. The summed E-state index contributed by atoms with van der Waals surface area (Å²) in [5.41, 5.74) is 2.51. The van der Waals surface area contributed by atoms with Crippen molar-refractivity contribution in [3.8, 4) is 0 Å². The molecule has 0 fully saturated rings. The van der Waals surface area contributed by atoms with Crippen LogP contribution in [0.25, 0.3) is 0 Å². The molecule has 1 N–H and O–H groups in total. The molecule has 1 aromatic carbocycles. The number of Topliss-reactive ketones (excluding diaryl/α,β-unsaturated/α-hetero) is 1. The third-order valence-electron chi connectivity index (χ3n) is 2.36. The van der Waals surface area contributed by atoms with Gasteiger partial charge < -0.3 is 5.32 Å². The molecule has 4 heteroatoms. The maximum atomic E-state index is 11.4. The van der Waals surface area contributed by atoms with Gasteiger partial charge in [-0.1, -0.05) is 11.6 Å². The highest BCUT2D eigenvalue weighted by molar-refractivity contribution is 6.52. The number of carbonyl (C=O) groups excluding carboxylic acids is 2. The van der Waals surface area contributed by atoms with Gasteiger partial charge in [0.1, 0.15) is 0 Å². The average Bonchev–Trinajstić information content (AvgIpc) is 2.39. The Hall–Kier alpha value is -1.35. The first-order valence-corrected chi connectivity index (χ1v) is 4.55. The molecule has 1 aromatic rings. The number of ketones is 1. The summed E-state index contributed by atoms with van der Waals surface area (Å²) in [5.74, 6) is -1.08. The zero-order chi connectivity index (χ0) is 10.5. The highest BCUT2D eigenvalue weighted by atomic mass is 35.5. The molecular weight excluding hydrogens is 202 g/mol. The summed E-state index contributed by atoms with van der Waals surface area (Å²) >= 11 is 5.98. The van der Waals surface area contributed by atoms with Crippen molar-refractivity contribution in [2.24, 2.45) is 0 Å². The van der Waals surface area contributed by atoms with Gasteiger partial charge in [-0.2, -0.15) is 0 Å². The van der Waals surface area contributed by atoms with Crippen LogP contribution in [-0.4, -0.2) is 11.7 Å². The van der Waals surface area contributed by atoms with Crippen molar-refractivity contribution in [3.63, 3.8) is 0 Å². The van der Waals surface area contributed by atoms with E-state index in [-0.39, 0.29) is 0 Å². The molecule has 1 heterocycles. The zero-order valence-corrected chi connectivity index (χ0v) is 8.53. The fourth-order valence-corrected chi connectivity index (χ4v) is 1.79. The molecule has 1 aliphatic heterocycles. The molecule has 72 valence electrons. The number of hydrogen-bond acceptors (Lipinski definition) is 2. The van der Waals surface area contributed by atoms with E-state index in [1.165, 1.54) is 0 Å². The van der Waals surface area contributed by atoms with Gasteiger partial charge in [0.2, 0.25) is 0 Å². The number of carbonyl (C=O) groups is 2. The number of anilines is 1. The molecule has 0 atom stereocenters. The van der Waals surface area contributed by atoms with Crippen LogP contribution in [-0.2, 0) is 4.79 Å². The summed E-state index contributed by atoms with van der Waals surface area (Å²) in [7, 11) is 0. The monoisotopic (exact) mass is 209 g/mol. The van der Waals surface area contributed by atoms with E-state index in [0.29, 0.717) is 21.8 Å². The third kappa shape index (κ3) is 1.06. The maximum absolute atomic E-state index is 11.4. The molecule has 0 aromatic heterocycles. The SMILES string of the molecule is Cc1cc2c(c(C)c1Cl)C(=O)C(=O)N2. The van der Waals surface area contributed by atoms with Crippen LogP contribution in [0.2, 0.25) is 5.02 Å². The van der Waals surface area contributed by atoms with Crippen molar-refractivity contribution in [1.29, 1.82) is 0 Å². The van der Waals surface area contributed by atoms with Gasteiger partial charge >= 0.3 is 0 Å². The van der Waals surface area contributed by atoms with Crippen LogP contribution in [0, 0.1) is 13.8 Å². The lowest BCUT2D eigenvalue weighted by Gasteiger charge is -2.06. The number of amides is 1. The second-order valence-electron chi connectivity index (χ2n) is 3.34. The van der Waals surface area contributed by atoms with Crippen LogP contribution < -0.4 is 5.32 Å². The molecule has 0 bridgehead atoms. The Labute approximate surface area is 86.1 Å². The van der Waals surface area contributed by atoms with Crippen LogP contribution in [0.1, 0.15) is 21.5 Å². The summed E-state index contributed by atoms with van der Waals surface area (Å²) in [5, 5.41) is 3.06. The molecule has 0 saturated carbocycles. The van der Waals surface area contributed by atoms with Gasteiger partial charge in [-0.25, -0.2) is 0 Å². The standard InChI is InChI=1S/C10H8ClNO2/c1-4-3-6-7(5(2)8(4)11)9(13)10(14)12-6/h3H,1-2H3,(H,12,13,14). The number of fused-ring (bicyclic) bond motifs is 1. The molecular formula is C10H8ClNO2. The van der Waals surface area contributed by atoms with Gasteiger partial charge in [0.25, 0.3) is 11.7 Å². The highest BCUT2D eigenvalue weighted by Crippen LogP contribution is 2.33. The molecule has 3 nitrogen and oxygen atoms in total. The van der Waals surface area contributed by atoms with Crippen molar-refractivity contribution in [2.75, 3.05) is 5.32 Å². The van der Waals surface area contributed by atoms with E-state index in [1.807, 2.05) is 6.92 Å². The molecule has 1 aliphatic rings. The summed E-state index contributed by atoms with van der Waals surface area (Å²) in [4.78, 5) is 22.5. The van der Waals surface area contributed by atoms with E-state index in [2.05, 4.69) is 5.32 Å². The minimum atomic E-state index is -0.579. The zero-order valence-electron chi connectivity index (χ0n) is 7.77. The average molecular weight is 210 g/mol. The number of halogens is 1. The minimum Gasteiger partial charge on any atom is -0.318 e. The predicted molar refractivity (Wildman–Crippen MR) is 53.9 cm³/mol. The summed E-state index contributed by atoms with van der Waals surface area (Å²) in [6.07, 6.45) is 0. The predicted octanol–water partition coefficient (Wildman–Crippen LogP) is 2.09. The maximum Gasteiger partial charge on any atom is 0.296 e. The van der Waals surface area contributed by atoms with E-state index in [4.69, 9.17) is 11.6 Å². The van der Waals surface area contributed by atoms with Gasteiger partial charge in [-0.3, -0.25) is 9.59 Å². The number of nitrogens with one attached hydrogen (secondary N) is 1. The third-order valence-corrected chi connectivity index (χ3v) is 2.94. The fourth-order valence-electron chi connectivity index (χ4n) is 1.64. The molecule has 2 rings (SSSR count). The Morgan fingerprint density at radius 2 is 1.93 bits per heavy atom. The normalized spacial score (nSPS) is 14.2. The molecule has 0 radical (unpaired) electrons. The number of hydrogen-bond donors (Lipinski definition) is 1. The molecule has 1 amide bonds. The Balaban J connectivity index is 2.77. The summed E-state index contributed by atoms with van der Waals surface area (Å²) in [6.45, 7) is 3.58. The van der Waals surface area contributed by atoms with Crippen LogP contribution in [0.3, 0.4) is 0 Å². The van der Waals surface area contributed by atoms with Gasteiger partial charge in [-0.05, 0) is 31.0 Å². The lowest BCUT2D eigenvalue weighted by molar-refractivity contribution is -0.112. The van der Waals surface area contributed by atoms with Gasteiger partial charge in [0, 0.05) is 5.02 Å². The Bertz CT molecular complexity index is 466. The minimum absolute atomic E-state index is 0.408. The first-order chi connectivity index (χ1) is 6.52. The molecule has 14 heavy (non-hydrogen) atoms. The van der Waals surface area contributed by atoms with Gasteiger partial charge in [-0.15, -0.1) is 0 Å². The second-order valence-corrected chi connectivity index (χ2v) is 3.72. The van der Waals surface area contributed by atoms with E-state index in [1.54, 1.807) is 13.0 Å². The molecule has 0 aliphatic carbocycles. The summed E-state index contributed by atoms with van der Waals surface area (Å²) < 4.78 is 0. The number of benzene rings is 1. The molecule has 0 saturated heterocycles. The Morgan fingerprint density at radius 1 is 1.29 bits per heavy atom. The topological polar surface area (TPSA) is 46.2 Å². The lowest BCUT2D eigenvalue weighted by Crippen LogP contribution is -2.12. The van der Waals surface area contributed by atoms with E-state index < -0.39 is 11.7 Å². The smallest absolute Gasteiger partial charge is 0.296 e. The summed E-state index contributed by atoms with van der Waals surface area (Å²) in [6, 6.07) is 1.72. The number of rotatable bonds is 0. The van der Waals surface area contributed by atoms with Gasteiger partial charge in [0.15, 0.2) is 0 Å². The number of aryl methyl sites for hydroxylation is 1. The largest absolute Gasteiger partial charge is 0.318 e. The molecule has 0 spiro atoms. The van der Waals surface area contributed by atoms with E-state index in [9.17, 15) is 9.59 Å². The van der Waals surface area contributed by atoms with Crippen molar-refractivity contribution in [2.45, 2.75) is 13.8 Å². The van der Waals surface area contributed by atoms with Crippen molar-refractivity contribution < 1.29 is 9.59 Å². The van der Waals surface area contributed by atoms with E-state index in [0.717, 1.165) is 5.56 Å². The van der Waals surface area contributed by atoms with Gasteiger partial charge in [0.05, 0.1) is 11.3 Å². The quantitative estimate of drug-likeness (QED) is 0.665. The van der Waals surface area contributed by atoms with Crippen LogP contribution in [0.5, 0.6) is 0 Å². The first-order valence-electron chi connectivity index (χ1n) is 4.17. The van der Waals surface area contributed by atoms with Crippen molar-refractivity contribution >= 4 is 29.0 Å². The lowest BCUT2D eigenvalue weighted by atomic mass is 10.0. The van der Waals surface area contributed by atoms with Crippen LogP contribution >= 0.6 is 11.6 Å². The van der Waals surface area contributed by atoms with Crippen LogP contribution in [0.15, 0.2) is 6.07 Å². The fraction of sp³-hybridized carbons (Fsp3) is 0.200. The van der Waals surface area contributed by atoms with Crippen molar-refractivity contribution in [3.05, 3.63) is 27.8 Å². The van der Waals surface area contributed by atoms with Crippen LogP contribution in [0.4, 0.5) is 5.69 Å². The van der Waals surface area contributed by atoms with Crippen molar-refractivity contribution in [1.82, 2.24) is 0 Å². The molecule has 0 unspecified atom stereocenters. The first kappa shape index (κ1) is 9.21. The Kier molecular flexibility index (Phi) is 1.86.